The Morgan fingerprint density at radius 2 is 1.81 bits per heavy atom. The van der Waals surface area contributed by atoms with Gasteiger partial charge in [-0.1, -0.05) is 0 Å². The minimum atomic E-state index is -0.0874. The molecule has 0 heterocycles. The zero-order valence-corrected chi connectivity index (χ0v) is 12.6. The molecule has 1 fully saturated rings. The molecule has 2 rings (SSSR count). The van der Waals surface area contributed by atoms with Crippen molar-refractivity contribution in [3.8, 4) is 17.2 Å². The molecule has 1 amide bonds. The fourth-order valence-electron chi connectivity index (χ4n) is 2.00. The molecule has 0 aromatic heterocycles. The molecule has 0 saturated heterocycles. The van der Waals surface area contributed by atoms with Crippen molar-refractivity contribution in [2.75, 3.05) is 27.9 Å². The molecule has 1 saturated carbocycles. The second-order valence-electron chi connectivity index (χ2n) is 4.98. The molecule has 1 aromatic rings. The van der Waals surface area contributed by atoms with Crippen molar-refractivity contribution < 1.29 is 19.0 Å². The third-order valence-corrected chi connectivity index (χ3v) is 3.38. The molecule has 1 aliphatic carbocycles. The predicted octanol–water partition coefficient (Wildman–Crippen LogP) is 2.25. The van der Waals surface area contributed by atoms with Gasteiger partial charge in [-0.25, -0.2) is 0 Å². The topological polar surface area (TPSA) is 56.8 Å². The van der Waals surface area contributed by atoms with Gasteiger partial charge in [-0.15, -0.1) is 0 Å². The van der Waals surface area contributed by atoms with Crippen molar-refractivity contribution in [3.63, 3.8) is 0 Å². The van der Waals surface area contributed by atoms with Gasteiger partial charge in [0, 0.05) is 12.6 Å². The Morgan fingerprint density at radius 1 is 1.19 bits per heavy atom. The number of hydrogen-bond donors (Lipinski definition) is 1. The fourth-order valence-corrected chi connectivity index (χ4v) is 2.00. The Labute approximate surface area is 124 Å². The number of nitrogens with one attached hydrogen (secondary N) is 1. The van der Waals surface area contributed by atoms with Gasteiger partial charge in [0.2, 0.25) is 11.7 Å². The first kappa shape index (κ1) is 15.2. The van der Waals surface area contributed by atoms with E-state index in [1.54, 1.807) is 39.5 Å². The smallest absolute Gasteiger partial charge is 0.244 e. The van der Waals surface area contributed by atoms with E-state index in [1.165, 1.54) is 18.9 Å². The van der Waals surface area contributed by atoms with Crippen LogP contribution < -0.4 is 19.5 Å². The molecule has 5 heteroatoms. The molecule has 0 bridgehead atoms. The summed E-state index contributed by atoms with van der Waals surface area (Å²) in [4.78, 5) is 11.7. The van der Waals surface area contributed by atoms with Gasteiger partial charge in [0.25, 0.3) is 0 Å². The van der Waals surface area contributed by atoms with Crippen LogP contribution in [0.2, 0.25) is 0 Å². The molecule has 0 radical (unpaired) electrons. The van der Waals surface area contributed by atoms with E-state index in [4.69, 9.17) is 14.2 Å². The van der Waals surface area contributed by atoms with Crippen molar-refractivity contribution in [1.29, 1.82) is 0 Å². The number of benzene rings is 1. The van der Waals surface area contributed by atoms with E-state index >= 15 is 0 Å². The van der Waals surface area contributed by atoms with E-state index in [2.05, 4.69) is 5.32 Å². The Morgan fingerprint density at radius 3 is 2.29 bits per heavy atom. The third kappa shape index (κ3) is 4.15. The van der Waals surface area contributed by atoms with Gasteiger partial charge in [0.1, 0.15) is 0 Å². The van der Waals surface area contributed by atoms with Gasteiger partial charge in [-0.05, 0) is 42.5 Å². The number of rotatable bonds is 7. The van der Waals surface area contributed by atoms with Crippen LogP contribution in [0.5, 0.6) is 17.2 Å². The van der Waals surface area contributed by atoms with Crippen molar-refractivity contribution in [1.82, 2.24) is 5.32 Å². The average molecular weight is 291 g/mol. The highest BCUT2D eigenvalue weighted by atomic mass is 16.5. The molecule has 114 valence electrons. The summed E-state index contributed by atoms with van der Waals surface area (Å²) in [5.41, 5.74) is 0.811. The van der Waals surface area contributed by atoms with Gasteiger partial charge in [-0.3, -0.25) is 4.79 Å². The highest BCUT2D eigenvalue weighted by molar-refractivity contribution is 5.91. The van der Waals surface area contributed by atoms with Crippen LogP contribution in [0.4, 0.5) is 0 Å². The molecule has 0 unspecified atom stereocenters. The summed E-state index contributed by atoms with van der Waals surface area (Å²) in [7, 11) is 4.68. The number of ether oxygens (including phenoxy) is 3. The maximum absolute atomic E-state index is 11.7. The monoisotopic (exact) mass is 291 g/mol. The molecule has 1 N–H and O–H groups in total. The quantitative estimate of drug-likeness (QED) is 0.783. The molecule has 5 nitrogen and oxygen atoms in total. The standard InChI is InChI=1S/C16H21NO4/c1-19-13-8-12(9-14(20-2)16(13)21-3)6-7-15(18)17-10-11-4-5-11/h6-9,11H,4-5,10H2,1-3H3,(H,17,18). The maximum Gasteiger partial charge on any atom is 0.244 e. The summed E-state index contributed by atoms with van der Waals surface area (Å²) >= 11 is 0. The minimum absolute atomic E-state index is 0.0874. The van der Waals surface area contributed by atoms with Crippen LogP contribution in [-0.4, -0.2) is 33.8 Å². The highest BCUT2D eigenvalue weighted by Crippen LogP contribution is 2.38. The molecule has 1 aliphatic rings. The number of hydrogen-bond acceptors (Lipinski definition) is 4. The van der Waals surface area contributed by atoms with Gasteiger partial charge in [0.05, 0.1) is 21.3 Å². The van der Waals surface area contributed by atoms with Crippen molar-refractivity contribution >= 4 is 12.0 Å². The van der Waals surface area contributed by atoms with Gasteiger partial charge in [-0.2, -0.15) is 0 Å². The van der Waals surface area contributed by atoms with Crippen molar-refractivity contribution in [3.05, 3.63) is 23.8 Å². The van der Waals surface area contributed by atoms with Gasteiger partial charge in [0.15, 0.2) is 11.5 Å². The normalized spacial score (nSPS) is 14.0. The first-order valence-corrected chi connectivity index (χ1v) is 6.93. The van der Waals surface area contributed by atoms with E-state index < -0.39 is 0 Å². The zero-order chi connectivity index (χ0) is 15.2. The first-order chi connectivity index (χ1) is 10.2. The zero-order valence-electron chi connectivity index (χ0n) is 12.6. The van der Waals surface area contributed by atoms with E-state index in [1.807, 2.05) is 0 Å². The Kier molecular flexibility index (Phi) is 5.09. The molecule has 0 aliphatic heterocycles. The Hall–Kier alpha value is -2.17. The van der Waals surface area contributed by atoms with E-state index in [0.29, 0.717) is 23.2 Å². The van der Waals surface area contributed by atoms with E-state index in [0.717, 1.165) is 12.1 Å². The van der Waals surface area contributed by atoms with Gasteiger partial charge < -0.3 is 19.5 Å². The summed E-state index contributed by atoms with van der Waals surface area (Å²) in [6.07, 6.45) is 5.68. The SMILES string of the molecule is COc1cc(C=CC(=O)NCC2CC2)cc(OC)c1OC. The lowest BCUT2D eigenvalue weighted by atomic mass is 10.1. The second-order valence-corrected chi connectivity index (χ2v) is 4.98. The third-order valence-electron chi connectivity index (χ3n) is 3.38. The molecular formula is C16H21NO4. The van der Waals surface area contributed by atoms with Crippen molar-refractivity contribution in [2.24, 2.45) is 5.92 Å². The van der Waals surface area contributed by atoms with Gasteiger partial charge >= 0.3 is 0 Å². The van der Waals surface area contributed by atoms with Crippen LogP contribution in [0.3, 0.4) is 0 Å². The van der Waals surface area contributed by atoms with Crippen LogP contribution in [-0.2, 0) is 4.79 Å². The summed E-state index contributed by atoms with van der Waals surface area (Å²) in [5, 5.41) is 2.88. The Bertz CT molecular complexity index is 510. The summed E-state index contributed by atoms with van der Waals surface area (Å²) in [6.45, 7) is 0.762. The number of amides is 1. The van der Waals surface area contributed by atoms with Crippen LogP contribution >= 0.6 is 0 Å². The average Bonchev–Trinajstić information content (AvgIpc) is 3.33. The number of carbonyl (C=O) groups excluding carboxylic acids is 1. The fraction of sp³-hybridized carbons (Fsp3) is 0.438. The van der Waals surface area contributed by atoms with E-state index in [9.17, 15) is 4.79 Å². The summed E-state index contributed by atoms with van der Waals surface area (Å²) < 4.78 is 15.8. The van der Waals surface area contributed by atoms with Crippen LogP contribution in [0.1, 0.15) is 18.4 Å². The highest BCUT2D eigenvalue weighted by Gasteiger charge is 2.21. The molecule has 0 atom stereocenters. The minimum Gasteiger partial charge on any atom is -0.493 e. The Balaban J connectivity index is 2.09. The largest absolute Gasteiger partial charge is 0.493 e. The first-order valence-electron chi connectivity index (χ1n) is 6.93. The van der Waals surface area contributed by atoms with Crippen molar-refractivity contribution in [2.45, 2.75) is 12.8 Å². The molecule has 1 aromatic carbocycles. The van der Waals surface area contributed by atoms with Crippen LogP contribution in [0.15, 0.2) is 18.2 Å². The second kappa shape index (κ2) is 7.02. The molecule has 0 spiro atoms. The molecular weight excluding hydrogens is 270 g/mol. The van der Waals surface area contributed by atoms with Crippen LogP contribution in [0.25, 0.3) is 6.08 Å². The van der Waals surface area contributed by atoms with Crippen LogP contribution in [0, 0.1) is 5.92 Å². The lowest BCUT2D eigenvalue weighted by Crippen LogP contribution is -2.23. The number of carbonyl (C=O) groups is 1. The number of methoxy groups -OCH3 is 3. The predicted molar refractivity (Wildman–Crippen MR) is 80.9 cm³/mol. The molecule has 21 heavy (non-hydrogen) atoms. The maximum atomic E-state index is 11.7. The summed E-state index contributed by atoms with van der Waals surface area (Å²) in [6, 6.07) is 3.60. The lowest BCUT2D eigenvalue weighted by Gasteiger charge is -2.12. The summed E-state index contributed by atoms with van der Waals surface area (Å²) in [5.74, 6) is 2.25. The lowest BCUT2D eigenvalue weighted by molar-refractivity contribution is -0.116. The van der Waals surface area contributed by atoms with E-state index in [-0.39, 0.29) is 5.91 Å².